The van der Waals surface area contributed by atoms with E-state index in [1.54, 1.807) is 24.3 Å². The van der Waals surface area contributed by atoms with E-state index in [-0.39, 0.29) is 23.5 Å². The highest BCUT2D eigenvalue weighted by atomic mass is 32.2. The summed E-state index contributed by atoms with van der Waals surface area (Å²) in [4.78, 5) is 26.6. The number of fused-ring (bicyclic) bond motifs is 1. The Morgan fingerprint density at radius 1 is 0.936 bits per heavy atom. The summed E-state index contributed by atoms with van der Waals surface area (Å²) in [6, 6.07) is 32.5. The first-order chi connectivity index (χ1) is 22.7. The SMILES string of the molecule is N#Cc1cc(CN2CC[C@H](NCc3ccccc3)C2=O)cs1.O=C(Nc1ccc2ccc(S(=O)(=O)O)cc2c1)OCc1ccccc1. The second-order valence-electron chi connectivity index (χ2n) is 10.8. The summed E-state index contributed by atoms with van der Waals surface area (Å²) in [5.74, 6) is 0.153. The maximum atomic E-state index is 12.4. The number of nitrogens with zero attached hydrogens (tertiary/aromatic N) is 2. The minimum atomic E-state index is -4.28. The molecule has 1 saturated heterocycles. The number of nitriles is 1. The predicted molar refractivity (Wildman–Crippen MR) is 180 cm³/mol. The zero-order valence-corrected chi connectivity index (χ0v) is 26.8. The molecule has 4 aromatic carbocycles. The van der Waals surface area contributed by atoms with Crippen LogP contribution in [0.5, 0.6) is 0 Å². The number of carbonyl (C=O) groups is 2. The molecule has 1 fully saturated rings. The smallest absolute Gasteiger partial charge is 0.411 e. The van der Waals surface area contributed by atoms with Crippen molar-refractivity contribution in [3.05, 3.63) is 130 Å². The minimum Gasteiger partial charge on any atom is -0.444 e. The molecule has 1 aliphatic heterocycles. The molecule has 0 bridgehead atoms. The molecule has 1 aromatic heterocycles. The molecular formula is C35H32N4O6S2. The standard InChI is InChI=1S/C18H15NO5S.C17H17N3OS/c20-18(24-12-13-4-2-1-3-5-13)19-16-8-6-14-7-9-17(25(21,22)23)11-15(14)10-16;18-9-15-8-14(12-22-15)11-20-7-6-16(17(20)21)19-10-13-4-2-1-3-5-13/h1-11H,12H2,(H,19,20)(H,21,22,23);1-5,8,12,16,19H,6-7,10-11H2/t;16-/m.0/s1. The highest BCUT2D eigenvalue weighted by molar-refractivity contribution is 7.85. The molecule has 47 heavy (non-hydrogen) atoms. The van der Waals surface area contributed by atoms with Crippen molar-refractivity contribution < 1.29 is 27.3 Å². The molecule has 10 nitrogen and oxygen atoms in total. The highest BCUT2D eigenvalue weighted by Crippen LogP contribution is 2.23. The largest absolute Gasteiger partial charge is 0.444 e. The molecule has 12 heteroatoms. The van der Waals surface area contributed by atoms with Crippen LogP contribution in [0.1, 0.15) is 28.0 Å². The Labute approximate surface area is 277 Å². The van der Waals surface area contributed by atoms with Crippen molar-refractivity contribution in [3.63, 3.8) is 0 Å². The molecule has 2 amide bonds. The molecule has 6 rings (SSSR count). The number of amides is 2. The lowest BCUT2D eigenvalue weighted by Crippen LogP contribution is -2.37. The van der Waals surface area contributed by atoms with Gasteiger partial charge < -0.3 is 15.0 Å². The third-order valence-electron chi connectivity index (χ3n) is 7.40. The molecule has 2 heterocycles. The van der Waals surface area contributed by atoms with E-state index in [9.17, 15) is 18.0 Å². The summed E-state index contributed by atoms with van der Waals surface area (Å²) in [6.07, 6.45) is 0.218. The van der Waals surface area contributed by atoms with Crippen LogP contribution >= 0.6 is 11.3 Å². The van der Waals surface area contributed by atoms with Gasteiger partial charge in [0.25, 0.3) is 10.1 Å². The van der Waals surface area contributed by atoms with Gasteiger partial charge in [-0.3, -0.25) is 14.7 Å². The number of hydrogen-bond donors (Lipinski definition) is 3. The van der Waals surface area contributed by atoms with Crippen LogP contribution in [0.25, 0.3) is 10.8 Å². The molecule has 0 unspecified atom stereocenters. The number of carbonyl (C=O) groups excluding carboxylic acids is 2. The number of likely N-dealkylation sites (tertiary alicyclic amines) is 1. The van der Waals surface area contributed by atoms with E-state index in [4.69, 9.17) is 14.6 Å². The average Bonchev–Trinajstić information content (AvgIpc) is 3.69. The zero-order valence-electron chi connectivity index (χ0n) is 25.2. The molecule has 1 aliphatic rings. The lowest BCUT2D eigenvalue weighted by Gasteiger charge is -2.16. The Morgan fingerprint density at radius 3 is 2.32 bits per heavy atom. The van der Waals surface area contributed by atoms with Crippen molar-refractivity contribution in [2.45, 2.75) is 37.1 Å². The second kappa shape index (κ2) is 15.5. The van der Waals surface area contributed by atoms with Crippen molar-refractivity contribution in [1.29, 1.82) is 5.26 Å². The maximum Gasteiger partial charge on any atom is 0.411 e. The van der Waals surface area contributed by atoms with Crippen LogP contribution < -0.4 is 10.6 Å². The Hall–Kier alpha value is -5.06. The Kier molecular flexibility index (Phi) is 11.0. The quantitative estimate of drug-likeness (QED) is 0.154. The van der Waals surface area contributed by atoms with E-state index >= 15 is 0 Å². The van der Waals surface area contributed by atoms with E-state index < -0.39 is 16.2 Å². The van der Waals surface area contributed by atoms with Gasteiger partial charge in [-0.1, -0.05) is 72.8 Å². The average molecular weight is 669 g/mol. The van der Waals surface area contributed by atoms with E-state index in [0.717, 1.165) is 29.5 Å². The van der Waals surface area contributed by atoms with E-state index in [2.05, 4.69) is 28.8 Å². The molecule has 0 radical (unpaired) electrons. The predicted octanol–water partition coefficient (Wildman–Crippen LogP) is 6.35. The van der Waals surface area contributed by atoms with Crippen molar-refractivity contribution in [2.24, 2.45) is 0 Å². The number of thiophene rings is 1. The van der Waals surface area contributed by atoms with E-state index in [1.165, 1.54) is 29.0 Å². The van der Waals surface area contributed by atoms with Crippen molar-refractivity contribution in [3.8, 4) is 6.07 Å². The van der Waals surface area contributed by atoms with Crippen LogP contribution in [0.3, 0.4) is 0 Å². The third-order valence-corrected chi connectivity index (χ3v) is 9.13. The lowest BCUT2D eigenvalue weighted by atomic mass is 10.1. The molecule has 0 aliphatic carbocycles. The summed E-state index contributed by atoms with van der Waals surface area (Å²) < 4.78 is 36.7. The summed E-state index contributed by atoms with van der Waals surface area (Å²) in [5, 5.41) is 18.1. The van der Waals surface area contributed by atoms with Gasteiger partial charge in [0.1, 0.15) is 17.6 Å². The number of benzene rings is 4. The van der Waals surface area contributed by atoms with Crippen LogP contribution in [-0.4, -0.2) is 42.5 Å². The first kappa shape index (κ1) is 33.3. The topological polar surface area (TPSA) is 149 Å². The van der Waals surface area contributed by atoms with Gasteiger partial charge in [-0.2, -0.15) is 13.7 Å². The van der Waals surface area contributed by atoms with Gasteiger partial charge >= 0.3 is 6.09 Å². The van der Waals surface area contributed by atoms with Gasteiger partial charge in [0.05, 0.1) is 10.9 Å². The summed E-state index contributed by atoms with van der Waals surface area (Å²) in [7, 11) is -4.28. The monoisotopic (exact) mass is 668 g/mol. The van der Waals surface area contributed by atoms with Crippen LogP contribution in [0.2, 0.25) is 0 Å². The molecule has 240 valence electrons. The van der Waals surface area contributed by atoms with Gasteiger partial charge in [-0.25, -0.2) is 4.79 Å². The first-order valence-electron chi connectivity index (χ1n) is 14.7. The summed E-state index contributed by atoms with van der Waals surface area (Å²) in [5.41, 5.74) is 3.55. The van der Waals surface area contributed by atoms with E-state index in [1.807, 2.05) is 64.9 Å². The lowest BCUT2D eigenvalue weighted by molar-refractivity contribution is -0.129. The highest BCUT2D eigenvalue weighted by Gasteiger charge is 2.31. The Morgan fingerprint density at radius 2 is 1.64 bits per heavy atom. The zero-order chi connectivity index (χ0) is 33.2. The number of ether oxygens (including phenoxy) is 1. The third kappa shape index (κ3) is 9.48. The van der Waals surface area contributed by atoms with Crippen LogP contribution in [0, 0.1) is 11.3 Å². The van der Waals surface area contributed by atoms with Crippen molar-refractivity contribution in [2.75, 3.05) is 11.9 Å². The van der Waals surface area contributed by atoms with Gasteiger partial charge in [-0.15, -0.1) is 11.3 Å². The normalized spacial score (nSPS) is 14.3. The Balaban J connectivity index is 0.000000186. The molecule has 3 N–H and O–H groups in total. The van der Waals surface area contributed by atoms with Gasteiger partial charge in [0.15, 0.2) is 0 Å². The van der Waals surface area contributed by atoms with Crippen LogP contribution in [0.4, 0.5) is 10.5 Å². The van der Waals surface area contributed by atoms with Gasteiger partial charge in [0.2, 0.25) is 5.91 Å². The fraction of sp³-hybridized carbons (Fsp3) is 0.171. The molecular weight excluding hydrogens is 637 g/mol. The van der Waals surface area contributed by atoms with Gasteiger partial charge in [-0.05, 0) is 69.6 Å². The first-order valence-corrected chi connectivity index (χ1v) is 17.0. The second-order valence-corrected chi connectivity index (χ2v) is 13.1. The number of anilines is 1. The molecule has 0 saturated carbocycles. The van der Waals surface area contributed by atoms with Crippen LogP contribution in [0.15, 0.2) is 113 Å². The van der Waals surface area contributed by atoms with Crippen molar-refractivity contribution >= 4 is 49.9 Å². The number of rotatable bonds is 9. The van der Waals surface area contributed by atoms with Crippen LogP contribution in [-0.2, 0) is 39.3 Å². The summed E-state index contributed by atoms with van der Waals surface area (Å²) in [6.45, 7) is 2.22. The number of hydrogen-bond acceptors (Lipinski definition) is 8. The summed E-state index contributed by atoms with van der Waals surface area (Å²) >= 11 is 1.43. The fourth-order valence-electron chi connectivity index (χ4n) is 5.00. The van der Waals surface area contributed by atoms with Crippen molar-refractivity contribution in [1.82, 2.24) is 10.2 Å². The maximum absolute atomic E-state index is 12.4. The Bertz CT molecular complexity index is 1990. The fourth-order valence-corrected chi connectivity index (χ4v) is 6.21. The minimum absolute atomic E-state index is 0.103. The van der Waals surface area contributed by atoms with Gasteiger partial charge in [0, 0.05) is 25.3 Å². The molecule has 1 atom stereocenters. The number of nitrogens with one attached hydrogen (secondary N) is 2. The van der Waals surface area contributed by atoms with E-state index in [0.29, 0.717) is 29.0 Å². The molecule has 0 spiro atoms. The molecule has 5 aromatic rings.